The summed E-state index contributed by atoms with van der Waals surface area (Å²) in [4.78, 5) is 2.48. The zero-order chi connectivity index (χ0) is 13.5. The summed E-state index contributed by atoms with van der Waals surface area (Å²) < 4.78 is 10.9. The summed E-state index contributed by atoms with van der Waals surface area (Å²) in [6.07, 6.45) is 2.61. The Labute approximate surface area is 115 Å². The molecule has 1 heterocycles. The third-order valence-electron chi connectivity index (χ3n) is 3.57. The predicted octanol–water partition coefficient (Wildman–Crippen LogP) is 1.63. The Morgan fingerprint density at radius 2 is 1.89 bits per heavy atom. The second kappa shape index (κ2) is 7.48. The first-order valence-corrected chi connectivity index (χ1v) is 6.99. The zero-order valence-corrected chi connectivity index (χ0v) is 11.7. The predicted molar refractivity (Wildman–Crippen MR) is 76.3 cm³/mol. The van der Waals surface area contributed by atoms with Crippen LogP contribution in [0.5, 0.6) is 5.75 Å². The quantitative estimate of drug-likeness (QED) is 0.848. The van der Waals surface area contributed by atoms with E-state index < -0.39 is 0 Å². The van der Waals surface area contributed by atoms with E-state index in [2.05, 4.69) is 17.0 Å². The maximum Gasteiger partial charge on any atom is 0.118 e. The van der Waals surface area contributed by atoms with Crippen LogP contribution in [0.25, 0.3) is 0 Å². The van der Waals surface area contributed by atoms with E-state index in [-0.39, 0.29) is 0 Å². The third-order valence-corrected chi connectivity index (χ3v) is 3.57. The molecule has 1 aromatic rings. The van der Waals surface area contributed by atoms with Gasteiger partial charge in [0.05, 0.1) is 19.8 Å². The summed E-state index contributed by atoms with van der Waals surface area (Å²) in [7, 11) is 1.70. The molecule has 19 heavy (non-hydrogen) atoms. The Hall–Kier alpha value is -1.10. The summed E-state index contributed by atoms with van der Waals surface area (Å²) in [5.74, 6) is 0.914. The molecule has 1 aliphatic rings. The highest BCUT2D eigenvalue weighted by molar-refractivity contribution is 5.27. The van der Waals surface area contributed by atoms with Gasteiger partial charge in [-0.3, -0.25) is 4.90 Å². The van der Waals surface area contributed by atoms with E-state index in [1.54, 1.807) is 7.11 Å². The summed E-state index contributed by atoms with van der Waals surface area (Å²) in [6.45, 7) is 4.51. The van der Waals surface area contributed by atoms with Crippen molar-refractivity contribution in [3.05, 3.63) is 29.8 Å². The average molecular weight is 264 g/mol. The van der Waals surface area contributed by atoms with Gasteiger partial charge in [-0.2, -0.15) is 0 Å². The zero-order valence-electron chi connectivity index (χ0n) is 11.7. The number of ether oxygens (including phenoxy) is 2. The second-order valence-corrected chi connectivity index (χ2v) is 4.98. The van der Waals surface area contributed by atoms with Crippen molar-refractivity contribution < 1.29 is 9.47 Å². The van der Waals surface area contributed by atoms with Gasteiger partial charge in [0.2, 0.25) is 0 Å². The summed E-state index contributed by atoms with van der Waals surface area (Å²) in [5, 5.41) is 0. The highest BCUT2D eigenvalue weighted by Crippen LogP contribution is 2.17. The van der Waals surface area contributed by atoms with Crippen molar-refractivity contribution >= 4 is 0 Å². The fourth-order valence-electron chi connectivity index (χ4n) is 2.46. The Morgan fingerprint density at radius 3 is 2.47 bits per heavy atom. The highest BCUT2D eigenvalue weighted by Gasteiger charge is 2.19. The molecule has 0 bridgehead atoms. The monoisotopic (exact) mass is 264 g/mol. The van der Waals surface area contributed by atoms with E-state index in [1.165, 1.54) is 5.56 Å². The lowest BCUT2D eigenvalue weighted by atomic mass is 10.1. The van der Waals surface area contributed by atoms with Gasteiger partial charge in [0, 0.05) is 26.2 Å². The molecule has 0 aliphatic carbocycles. The maximum absolute atomic E-state index is 5.69. The van der Waals surface area contributed by atoms with Gasteiger partial charge in [-0.15, -0.1) is 0 Å². The maximum atomic E-state index is 5.69. The Kier molecular flexibility index (Phi) is 5.63. The number of hydrogen-bond acceptors (Lipinski definition) is 4. The highest BCUT2D eigenvalue weighted by atomic mass is 16.5. The first-order chi connectivity index (χ1) is 9.31. The van der Waals surface area contributed by atoms with Crippen LogP contribution >= 0.6 is 0 Å². The van der Waals surface area contributed by atoms with E-state index >= 15 is 0 Å². The van der Waals surface area contributed by atoms with Gasteiger partial charge in [-0.05, 0) is 30.5 Å². The van der Waals surface area contributed by atoms with Crippen molar-refractivity contribution in [3.63, 3.8) is 0 Å². The van der Waals surface area contributed by atoms with Gasteiger partial charge >= 0.3 is 0 Å². The molecule has 4 nitrogen and oxygen atoms in total. The first kappa shape index (κ1) is 14.3. The molecule has 0 aromatic heterocycles. The van der Waals surface area contributed by atoms with E-state index in [0.717, 1.165) is 38.2 Å². The van der Waals surface area contributed by atoms with E-state index in [0.29, 0.717) is 19.3 Å². The van der Waals surface area contributed by atoms with Crippen molar-refractivity contribution in [2.75, 3.05) is 33.4 Å². The number of methoxy groups -OCH3 is 1. The van der Waals surface area contributed by atoms with Crippen molar-refractivity contribution in [3.8, 4) is 5.75 Å². The molecule has 0 unspecified atom stereocenters. The standard InChI is InChI=1S/C15H24N2O2/c1-18-14-4-2-13(3-5-14)12-17-9-6-15(7-10-17)19-11-8-16/h2-5,15H,6-12,16H2,1H3. The average Bonchev–Trinajstić information content (AvgIpc) is 2.47. The molecule has 0 spiro atoms. The molecule has 2 N–H and O–H groups in total. The van der Waals surface area contributed by atoms with Crippen LogP contribution in [0, 0.1) is 0 Å². The van der Waals surface area contributed by atoms with Gasteiger partial charge in [-0.1, -0.05) is 12.1 Å². The van der Waals surface area contributed by atoms with Gasteiger partial charge in [0.15, 0.2) is 0 Å². The number of benzene rings is 1. The SMILES string of the molecule is COc1ccc(CN2CCC(OCCN)CC2)cc1. The number of nitrogens with two attached hydrogens (primary N) is 1. The summed E-state index contributed by atoms with van der Waals surface area (Å²) in [5.41, 5.74) is 6.79. The topological polar surface area (TPSA) is 47.7 Å². The molecule has 1 aliphatic heterocycles. The number of rotatable bonds is 6. The van der Waals surface area contributed by atoms with Crippen LogP contribution < -0.4 is 10.5 Å². The molecular weight excluding hydrogens is 240 g/mol. The lowest BCUT2D eigenvalue weighted by Gasteiger charge is -2.31. The van der Waals surface area contributed by atoms with Crippen molar-refractivity contribution in [2.24, 2.45) is 5.73 Å². The number of nitrogens with zero attached hydrogens (tertiary/aromatic N) is 1. The molecule has 0 atom stereocenters. The molecule has 0 saturated carbocycles. The van der Waals surface area contributed by atoms with Gasteiger partial charge in [0.25, 0.3) is 0 Å². The Morgan fingerprint density at radius 1 is 1.21 bits per heavy atom. The van der Waals surface area contributed by atoms with Crippen LogP contribution in [-0.4, -0.2) is 44.4 Å². The Balaban J connectivity index is 1.75. The number of hydrogen-bond donors (Lipinski definition) is 1. The minimum Gasteiger partial charge on any atom is -0.497 e. The van der Waals surface area contributed by atoms with E-state index in [4.69, 9.17) is 15.2 Å². The normalized spacial score (nSPS) is 17.6. The van der Waals surface area contributed by atoms with Crippen LogP contribution in [0.2, 0.25) is 0 Å². The first-order valence-electron chi connectivity index (χ1n) is 6.99. The number of piperidine rings is 1. The molecule has 1 aromatic carbocycles. The lowest BCUT2D eigenvalue weighted by molar-refractivity contribution is 0.00979. The number of likely N-dealkylation sites (tertiary alicyclic amines) is 1. The van der Waals surface area contributed by atoms with Crippen molar-refractivity contribution in [2.45, 2.75) is 25.5 Å². The molecule has 0 radical (unpaired) electrons. The van der Waals surface area contributed by atoms with Crippen LogP contribution in [0.4, 0.5) is 0 Å². The molecule has 4 heteroatoms. The smallest absolute Gasteiger partial charge is 0.118 e. The molecule has 1 saturated heterocycles. The molecule has 0 amide bonds. The van der Waals surface area contributed by atoms with Crippen molar-refractivity contribution in [1.82, 2.24) is 4.90 Å². The van der Waals surface area contributed by atoms with Gasteiger partial charge < -0.3 is 15.2 Å². The molecule has 1 fully saturated rings. The van der Waals surface area contributed by atoms with Crippen LogP contribution in [0.15, 0.2) is 24.3 Å². The van der Waals surface area contributed by atoms with Gasteiger partial charge in [-0.25, -0.2) is 0 Å². The van der Waals surface area contributed by atoms with E-state index in [1.807, 2.05) is 12.1 Å². The summed E-state index contributed by atoms with van der Waals surface area (Å²) >= 11 is 0. The van der Waals surface area contributed by atoms with Crippen LogP contribution in [0.3, 0.4) is 0 Å². The molecule has 2 rings (SSSR count). The molecular formula is C15H24N2O2. The fraction of sp³-hybridized carbons (Fsp3) is 0.600. The van der Waals surface area contributed by atoms with Crippen molar-refractivity contribution in [1.29, 1.82) is 0 Å². The second-order valence-electron chi connectivity index (χ2n) is 4.98. The van der Waals surface area contributed by atoms with Crippen LogP contribution in [-0.2, 0) is 11.3 Å². The minimum atomic E-state index is 0.399. The van der Waals surface area contributed by atoms with E-state index in [9.17, 15) is 0 Å². The summed E-state index contributed by atoms with van der Waals surface area (Å²) in [6, 6.07) is 8.31. The van der Waals surface area contributed by atoms with Crippen LogP contribution in [0.1, 0.15) is 18.4 Å². The Bertz CT molecular complexity index is 359. The fourth-order valence-corrected chi connectivity index (χ4v) is 2.46. The minimum absolute atomic E-state index is 0.399. The largest absolute Gasteiger partial charge is 0.497 e. The van der Waals surface area contributed by atoms with Gasteiger partial charge in [0.1, 0.15) is 5.75 Å². The lowest BCUT2D eigenvalue weighted by Crippen LogP contribution is -2.37. The third kappa shape index (κ3) is 4.49. The molecule has 106 valence electrons.